The Hall–Kier alpha value is -0.590. The van der Waals surface area contributed by atoms with E-state index in [2.05, 4.69) is 11.9 Å². The molecule has 1 rings (SSSR count). The molecule has 0 aromatic heterocycles. The predicted octanol–water partition coefficient (Wildman–Crippen LogP) is 1.41. The zero-order valence-electron chi connectivity index (χ0n) is 4.73. The lowest BCUT2D eigenvalue weighted by atomic mass is 10.5. The van der Waals surface area contributed by atoms with Crippen molar-refractivity contribution in [3.05, 3.63) is 11.1 Å². The summed E-state index contributed by atoms with van der Waals surface area (Å²) in [5.41, 5.74) is 2.91. The molecule has 0 radical (unpaired) electrons. The average molecular weight is 95.1 g/mol. The second-order valence-electron chi connectivity index (χ2n) is 1.87. The Balaban J connectivity index is 2.47. The molecule has 0 heterocycles. The quantitative estimate of drug-likeness (QED) is 0.436. The summed E-state index contributed by atoms with van der Waals surface area (Å²) in [4.78, 5) is 3.87. The van der Waals surface area contributed by atoms with Gasteiger partial charge in [-0.3, -0.25) is 4.99 Å². The Morgan fingerprint density at radius 3 is 2.43 bits per heavy atom. The Kier molecular flexibility index (Phi) is 0.970. The molecular formula is C6H9N. The lowest BCUT2D eigenvalue weighted by Crippen LogP contribution is -1.60. The van der Waals surface area contributed by atoms with Crippen LogP contribution in [0.5, 0.6) is 0 Å². The summed E-state index contributed by atoms with van der Waals surface area (Å²) in [5.74, 6) is 0. The minimum absolute atomic E-state index is 1.19. The molecule has 0 aromatic rings. The Morgan fingerprint density at radius 1 is 1.71 bits per heavy atom. The first kappa shape index (κ1) is 4.57. The predicted molar refractivity (Wildman–Crippen MR) is 31.7 cm³/mol. The van der Waals surface area contributed by atoms with E-state index in [0.29, 0.717) is 0 Å². The van der Waals surface area contributed by atoms with Crippen LogP contribution in [-0.4, -0.2) is 13.3 Å². The second-order valence-corrected chi connectivity index (χ2v) is 1.87. The van der Waals surface area contributed by atoms with Gasteiger partial charge in [-0.05, 0) is 18.9 Å². The molecule has 1 aliphatic carbocycles. The topological polar surface area (TPSA) is 12.4 Å². The van der Waals surface area contributed by atoms with Crippen molar-refractivity contribution in [2.75, 3.05) is 7.05 Å². The zero-order valence-corrected chi connectivity index (χ0v) is 4.73. The molecule has 1 aliphatic rings. The third-order valence-electron chi connectivity index (χ3n) is 1.16. The summed E-state index contributed by atoms with van der Waals surface area (Å²) in [6.45, 7) is 2.14. The number of hydrogen-bond acceptors (Lipinski definition) is 1. The molecule has 0 N–H and O–H groups in total. The van der Waals surface area contributed by atoms with Gasteiger partial charge >= 0.3 is 0 Å². The monoisotopic (exact) mass is 95.1 g/mol. The summed E-state index contributed by atoms with van der Waals surface area (Å²) in [7, 11) is 1.80. The van der Waals surface area contributed by atoms with Crippen molar-refractivity contribution in [3.63, 3.8) is 0 Å². The molecule has 0 aromatic carbocycles. The van der Waals surface area contributed by atoms with Crippen molar-refractivity contribution >= 4 is 6.21 Å². The smallest absolute Gasteiger partial charge is 0.0277 e. The fourth-order valence-electron chi connectivity index (χ4n) is 0.553. The van der Waals surface area contributed by atoms with Crippen LogP contribution in [0.2, 0.25) is 0 Å². The molecule has 0 bridgehead atoms. The van der Waals surface area contributed by atoms with Gasteiger partial charge in [0.25, 0.3) is 0 Å². The summed E-state index contributed by atoms with van der Waals surface area (Å²) in [6, 6.07) is 0. The minimum atomic E-state index is 1.19. The highest BCUT2D eigenvalue weighted by atomic mass is 14.6. The van der Waals surface area contributed by atoms with Crippen molar-refractivity contribution in [1.82, 2.24) is 0 Å². The van der Waals surface area contributed by atoms with Gasteiger partial charge < -0.3 is 0 Å². The molecule has 0 unspecified atom stereocenters. The number of rotatable bonds is 1. The minimum Gasteiger partial charge on any atom is -0.296 e. The maximum Gasteiger partial charge on any atom is 0.0277 e. The fourth-order valence-corrected chi connectivity index (χ4v) is 0.553. The van der Waals surface area contributed by atoms with Gasteiger partial charge in [0.2, 0.25) is 0 Å². The highest BCUT2D eigenvalue weighted by molar-refractivity contribution is 5.85. The average Bonchev–Trinajstić information content (AvgIpc) is 2.22. The van der Waals surface area contributed by atoms with Crippen molar-refractivity contribution in [2.24, 2.45) is 4.99 Å². The van der Waals surface area contributed by atoms with Crippen molar-refractivity contribution in [2.45, 2.75) is 13.3 Å². The molecule has 7 heavy (non-hydrogen) atoms. The van der Waals surface area contributed by atoms with Crippen LogP contribution < -0.4 is 0 Å². The van der Waals surface area contributed by atoms with E-state index >= 15 is 0 Å². The van der Waals surface area contributed by atoms with Gasteiger partial charge in [-0.15, -0.1) is 0 Å². The van der Waals surface area contributed by atoms with Crippen LogP contribution in [0.15, 0.2) is 16.1 Å². The van der Waals surface area contributed by atoms with E-state index < -0.39 is 0 Å². The van der Waals surface area contributed by atoms with Gasteiger partial charge in [0.1, 0.15) is 0 Å². The van der Waals surface area contributed by atoms with E-state index in [-0.39, 0.29) is 0 Å². The van der Waals surface area contributed by atoms with Gasteiger partial charge in [-0.2, -0.15) is 0 Å². The highest BCUT2D eigenvalue weighted by Crippen LogP contribution is 2.27. The zero-order chi connectivity index (χ0) is 5.28. The van der Waals surface area contributed by atoms with Crippen LogP contribution >= 0.6 is 0 Å². The van der Waals surface area contributed by atoms with Gasteiger partial charge in [0.05, 0.1) is 0 Å². The van der Waals surface area contributed by atoms with E-state index in [1.54, 1.807) is 7.05 Å². The molecule has 0 saturated heterocycles. The first-order chi connectivity index (χ1) is 3.34. The van der Waals surface area contributed by atoms with Gasteiger partial charge in [0, 0.05) is 13.3 Å². The van der Waals surface area contributed by atoms with E-state index in [4.69, 9.17) is 0 Å². The summed E-state index contributed by atoms with van der Waals surface area (Å²) in [5, 5.41) is 0. The SMILES string of the molecule is CN=CC1=C(C)C1. The largest absolute Gasteiger partial charge is 0.296 e. The third-order valence-corrected chi connectivity index (χ3v) is 1.16. The molecule has 0 saturated carbocycles. The van der Waals surface area contributed by atoms with E-state index in [0.717, 1.165) is 0 Å². The standard InChI is InChI=1S/C6H9N/c1-5-3-6(5)4-7-2/h4H,3H2,1-2H3. The molecule has 1 nitrogen and oxygen atoms in total. The molecule has 0 atom stereocenters. The normalized spacial score (nSPS) is 19.1. The lowest BCUT2D eigenvalue weighted by Gasteiger charge is -1.65. The number of hydrogen-bond donors (Lipinski definition) is 0. The number of allylic oxidation sites excluding steroid dienone is 2. The second kappa shape index (κ2) is 1.49. The summed E-state index contributed by atoms with van der Waals surface area (Å²) in [6.07, 6.45) is 3.12. The maximum absolute atomic E-state index is 3.87. The van der Waals surface area contributed by atoms with Crippen molar-refractivity contribution in [1.29, 1.82) is 0 Å². The van der Waals surface area contributed by atoms with Crippen LogP contribution in [0.3, 0.4) is 0 Å². The van der Waals surface area contributed by atoms with Crippen LogP contribution in [0.25, 0.3) is 0 Å². The van der Waals surface area contributed by atoms with Gasteiger partial charge in [0.15, 0.2) is 0 Å². The Labute approximate surface area is 43.8 Å². The highest BCUT2D eigenvalue weighted by Gasteiger charge is 2.11. The summed E-state index contributed by atoms with van der Waals surface area (Å²) < 4.78 is 0. The number of nitrogens with zero attached hydrogens (tertiary/aromatic N) is 1. The lowest BCUT2D eigenvalue weighted by molar-refractivity contribution is 1.45. The van der Waals surface area contributed by atoms with E-state index in [9.17, 15) is 0 Å². The van der Waals surface area contributed by atoms with Crippen LogP contribution in [0.1, 0.15) is 13.3 Å². The molecule has 0 fully saturated rings. The van der Waals surface area contributed by atoms with Crippen molar-refractivity contribution in [3.8, 4) is 0 Å². The Bertz CT molecular complexity index is 131. The maximum atomic E-state index is 3.87. The molecule has 0 amide bonds. The fraction of sp³-hybridized carbons (Fsp3) is 0.500. The van der Waals surface area contributed by atoms with Gasteiger partial charge in [-0.1, -0.05) is 5.57 Å². The van der Waals surface area contributed by atoms with Crippen LogP contribution in [0.4, 0.5) is 0 Å². The Morgan fingerprint density at radius 2 is 2.29 bits per heavy atom. The summed E-state index contributed by atoms with van der Waals surface area (Å²) >= 11 is 0. The molecule has 38 valence electrons. The number of aliphatic imine (C=N–C) groups is 1. The van der Waals surface area contributed by atoms with Crippen molar-refractivity contribution < 1.29 is 0 Å². The third kappa shape index (κ3) is 0.889. The van der Waals surface area contributed by atoms with Crippen LogP contribution in [-0.2, 0) is 0 Å². The first-order valence-electron chi connectivity index (χ1n) is 2.45. The molecule has 0 aliphatic heterocycles. The first-order valence-corrected chi connectivity index (χ1v) is 2.45. The molecule has 1 heteroatoms. The van der Waals surface area contributed by atoms with Crippen LogP contribution in [0, 0.1) is 0 Å². The van der Waals surface area contributed by atoms with Gasteiger partial charge in [-0.25, -0.2) is 0 Å². The molecule has 0 spiro atoms. The molecular weight excluding hydrogens is 86.1 g/mol. The van der Waals surface area contributed by atoms with E-state index in [1.165, 1.54) is 17.6 Å². The van der Waals surface area contributed by atoms with E-state index in [1.807, 2.05) is 6.21 Å².